The van der Waals surface area contributed by atoms with Gasteiger partial charge in [-0.25, -0.2) is 0 Å². The summed E-state index contributed by atoms with van der Waals surface area (Å²) >= 11 is 0. The maximum absolute atomic E-state index is 4.60. The van der Waals surface area contributed by atoms with Crippen LogP contribution in [0.25, 0.3) is 0 Å². The summed E-state index contributed by atoms with van der Waals surface area (Å²) in [7, 11) is 3.97. The zero-order valence-corrected chi connectivity index (χ0v) is 26.0. The number of benzene rings is 2. The van der Waals surface area contributed by atoms with E-state index in [1.165, 1.54) is 33.4 Å². The number of aryl methyl sites for hydroxylation is 4. The summed E-state index contributed by atoms with van der Waals surface area (Å²) in [6, 6.07) is 25.6. The third kappa shape index (κ3) is 9.48. The fraction of sp³-hybridized carbons (Fsp3) is 0.353. The molecule has 0 spiro atoms. The molecule has 0 N–H and O–H groups in total. The van der Waals surface area contributed by atoms with Gasteiger partial charge in [-0.2, -0.15) is 0 Å². The molecule has 0 saturated heterocycles. The number of hydrogen-bond donors (Lipinski definition) is 0. The van der Waals surface area contributed by atoms with Gasteiger partial charge in [-0.3, -0.25) is 19.8 Å². The molecule has 0 radical (unpaired) electrons. The van der Waals surface area contributed by atoms with Crippen molar-refractivity contribution in [3.63, 3.8) is 0 Å². The first kappa shape index (κ1) is 30.3. The van der Waals surface area contributed by atoms with Crippen molar-refractivity contribution in [2.45, 2.75) is 53.9 Å². The van der Waals surface area contributed by atoms with Gasteiger partial charge in [0.1, 0.15) is 0 Å². The summed E-state index contributed by atoms with van der Waals surface area (Å²) in [6.45, 7) is 14.6. The highest BCUT2D eigenvalue weighted by Gasteiger charge is 2.13. The van der Waals surface area contributed by atoms with Crippen molar-refractivity contribution in [1.82, 2.24) is 19.8 Å². The molecule has 2 heterocycles. The van der Waals surface area contributed by atoms with Crippen LogP contribution >= 0.6 is 21.6 Å². The van der Waals surface area contributed by atoms with Crippen LogP contribution in [0.15, 0.2) is 85.2 Å². The van der Waals surface area contributed by atoms with Crippen molar-refractivity contribution in [2.24, 2.45) is 0 Å². The minimum atomic E-state index is 0.869. The largest absolute Gasteiger partial charge is 0.292 e. The first-order chi connectivity index (χ1) is 19.5. The molecule has 210 valence electrons. The van der Waals surface area contributed by atoms with Gasteiger partial charge in [0.25, 0.3) is 0 Å². The molecule has 4 aromatic rings. The lowest BCUT2D eigenvalue weighted by Gasteiger charge is -2.25. The molecule has 0 amide bonds. The standard InChI is InChI=1S/C34H42N4S2/c1-27-11-9-12-28(2)33(27)25-37(23-31-15-5-7-17-35-31)19-21-39-40-22-20-38(24-32-16-6-8-18-36-32)26-34-29(3)13-10-14-30(34)4/h5-18H,19-26H2,1-4H3. The third-order valence-electron chi connectivity index (χ3n) is 7.34. The van der Waals surface area contributed by atoms with Crippen LogP contribution in [-0.4, -0.2) is 44.4 Å². The van der Waals surface area contributed by atoms with Gasteiger partial charge in [-0.15, -0.1) is 0 Å². The summed E-state index contributed by atoms with van der Waals surface area (Å²) in [6.07, 6.45) is 3.79. The summed E-state index contributed by atoms with van der Waals surface area (Å²) < 4.78 is 0. The Labute approximate surface area is 249 Å². The van der Waals surface area contributed by atoms with Crippen molar-refractivity contribution in [3.8, 4) is 0 Å². The molecule has 6 heteroatoms. The van der Waals surface area contributed by atoms with E-state index in [2.05, 4.69) is 108 Å². The van der Waals surface area contributed by atoms with Gasteiger partial charge in [0, 0.05) is 63.2 Å². The lowest BCUT2D eigenvalue weighted by Crippen LogP contribution is -2.27. The maximum atomic E-state index is 4.60. The first-order valence-corrected chi connectivity index (χ1v) is 16.6. The molecule has 0 unspecified atom stereocenters. The Morgan fingerprint density at radius 2 is 0.900 bits per heavy atom. The fourth-order valence-corrected chi connectivity index (χ4v) is 7.02. The van der Waals surface area contributed by atoms with Gasteiger partial charge in [0.05, 0.1) is 11.4 Å². The number of pyridine rings is 2. The number of aromatic nitrogens is 2. The molecule has 2 aromatic carbocycles. The van der Waals surface area contributed by atoms with Crippen LogP contribution in [0, 0.1) is 27.7 Å². The van der Waals surface area contributed by atoms with Gasteiger partial charge < -0.3 is 0 Å². The Bertz CT molecular complexity index is 1170. The van der Waals surface area contributed by atoms with Gasteiger partial charge in [-0.1, -0.05) is 70.1 Å². The Hall–Kier alpha value is -2.64. The van der Waals surface area contributed by atoms with E-state index in [9.17, 15) is 0 Å². The smallest absolute Gasteiger partial charge is 0.0544 e. The summed E-state index contributed by atoms with van der Waals surface area (Å²) in [5.74, 6) is 2.17. The van der Waals surface area contributed by atoms with E-state index in [0.29, 0.717) is 0 Å². The lowest BCUT2D eigenvalue weighted by molar-refractivity contribution is 0.269. The van der Waals surface area contributed by atoms with Gasteiger partial charge in [0.2, 0.25) is 0 Å². The Morgan fingerprint density at radius 3 is 1.25 bits per heavy atom. The van der Waals surface area contributed by atoms with Crippen LogP contribution in [0.5, 0.6) is 0 Å². The highest BCUT2D eigenvalue weighted by atomic mass is 33.1. The monoisotopic (exact) mass is 570 g/mol. The average molecular weight is 571 g/mol. The van der Waals surface area contributed by atoms with E-state index < -0.39 is 0 Å². The van der Waals surface area contributed by atoms with Gasteiger partial charge in [-0.05, 0) is 85.3 Å². The van der Waals surface area contributed by atoms with Crippen LogP contribution < -0.4 is 0 Å². The minimum Gasteiger partial charge on any atom is -0.292 e. The summed E-state index contributed by atoms with van der Waals surface area (Å²) in [4.78, 5) is 14.3. The highest BCUT2D eigenvalue weighted by Crippen LogP contribution is 2.24. The van der Waals surface area contributed by atoms with E-state index >= 15 is 0 Å². The second-order valence-corrected chi connectivity index (χ2v) is 13.2. The Balaban J connectivity index is 1.31. The molecule has 2 aromatic heterocycles. The molecule has 0 aliphatic carbocycles. The molecule has 0 aliphatic heterocycles. The zero-order valence-electron chi connectivity index (χ0n) is 24.3. The molecule has 0 bridgehead atoms. The molecular formula is C34H42N4S2. The molecular weight excluding hydrogens is 529 g/mol. The van der Waals surface area contributed by atoms with Crippen molar-refractivity contribution in [3.05, 3.63) is 130 Å². The second kappa shape index (κ2) is 16.0. The van der Waals surface area contributed by atoms with Crippen molar-refractivity contribution in [2.75, 3.05) is 24.6 Å². The average Bonchev–Trinajstić information content (AvgIpc) is 2.95. The van der Waals surface area contributed by atoms with Crippen molar-refractivity contribution < 1.29 is 0 Å². The van der Waals surface area contributed by atoms with Crippen molar-refractivity contribution in [1.29, 1.82) is 0 Å². The normalized spacial score (nSPS) is 11.4. The van der Waals surface area contributed by atoms with E-state index in [1.54, 1.807) is 0 Å². The summed E-state index contributed by atoms with van der Waals surface area (Å²) in [5, 5.41) is 0. The molecule has 0 atom stereocenters. The zero-order chi connectivity index (χ0) is 28.2. The Morgan fingerprint density at radius 1 is 0.500 bits per heavy atom. The van der Waals surface area contributed by atoms with E-state index in [4.69, 9.17) is 0 Å². The molecule has 4 nitrogen and oxygen atoms in total. The first-order valence-electron chi connectivity index (χ1n) is 14.1. The van der Waals surface area contributed by atoms with Gasteiger partial charge >= 0.3 is 0 Å². The molecule has 0 saturated carbocycles. The number of rotatable bonds is 15. The molecule has 4 rings (SSSR count). The second-order valence-electron chi connectivity index (χ2n) is 10.4. The number of nitrogens with zero attached hydrogens (tertiary/aromatic N) is 4. The topological polar surface area (TPSA) is 32.3 Å². The van der Waals surface area contributed by atoms with Crippen LogP contribution in [0.4, 0.5) is 0 Å². The van der Waals surface area contributed by atoms with Crippen molar-refractivity contribution >= 4 is 21.6 Å². The highest BCUT2D eigenvalue weighted by molar-refractivity contribution is 8.76. The van der Waals surface area contributed by atoms with Crippen LogP contribution in [0.1, 0.15) is 44.8 Å². The maximum Gasteiger partial charge on any atom is 0.0544 e. The molecule has 40 heavy (non-hydrogen) atoms. The SMILES string of the molecule is Cc1cccc(C)c1CN(CCSSCCN(Cc1ccccn1)Cc1c(C)cccc1C)Cc1ccccn1. The molecule has 0 aliphatic rings. The minimum absolute atomic E-state index is 0.869. The van der Waals surface area contributed by atoms with Gasteiger partial charge in [0.15, 0.2) is 0 Å². The third-order valence-corrected chi connectivity index (χ3v) is 9.71. The fourth-order valence-electron chi connectivity index (χ4n) is 4.96. The predicted molar refractivity (Wildman–Crippen MR) is 173 cm³/mol. The number of hydrogen-bond acceptors (Lipinski definition) is 6. The van der Waals surface area contributed by atoms with Crippen LogP contribution in [-0.2, 0) is 26.2 Å². The molecule has 0 fully saturated rings. The van der Waals surface area contributed by atoms with E-state index in [-0.39, 0.29) is 0 Å². The summed E-state index contributed by atoms with van der Waals surface area (Å²) in [5.41, 5.74) is 10.6. The van der Waals surface area contributed by atoms with Crippen LogP contribution in [0.3, 0.4) is 0 Å². The van der Waals surface area contributed by atoms with E-state index in [0.717, 1.165) is 62.2 Å². The van der Waals surface area contributed by atoms with E-state index in [1.807, 2.05) is 46.1 Å². The predicted octanol–water partition coefficient (Wildman–Crippen LogP) is 7.80. The van der Waals surface area contributed by atoms with Crippen LogP contribution in [0.2, 0.25) is 0 Å². The quantitative estimate of drug-likeness (QED) is 0.107. The Kier molecular flexibility index (Phi) is 12.1. The lowest BCUT2D eigenvalue weighted by atomic mass is 10.0.